The van der Waals surface area contributed by atoms with Crippen molar-refractivity contribution in [3.63, 3.8) is 0 Å². The molecule has 0 bridgehead atoms. The first-order valence-corrected chi connectivity index (χ1v) is 6.23. The van der Waals surface area contributed by atoms with Crippen molar-refractivity contribution in [2.45, 2.75) is 39.7 Å². The Morgan fingerprint density at radius 1 is 1.24 bits per heavy atom. The Kier molecular flexibility index (Phi) is 3.61. The van der Waals surface area contributed by atoms with Gasteiger partial charge in [0.15, 0.2) is 5.65 Å². The Morgan fingerprint density at radius 2 is 2.06 bits per heavy atom. The van der Waals surface area contributed by atoms with Crippen LogP contribution in [-0.4, -0.2) is 20.6 Å². The standard InChI is InChI=1S/C13H20N4/c1-10(2)7-8-11(3)14-13-15-12-6-4-5-9-17(12)16-13/h4-6,9-11H,7-8H2,1-3H3,(H,14,16). The maximum absolute atomic E-state index is 4.42. The first kappa shape index (κ1) is 11.9. The second kappa shape index (κ2) is 5.17. The van der Waals surface area contributed by atoms with Crippen molar-refractivity contribution < 1.29 is 0 Å². The summed E-state index contributed by atoms with van der Waals surface area (Å²) in [6, 6.07) is 6.29. The van der Waals surface area contributed by atoms with Gasteiger partial charge in [-0.05, 0) is 37.8 Å². The average Bonchev–Trinajstić information content (AvgIpc) is 2.68. The number of hydrogen-bond donors (Lipinski definition) is 1. The molecule has 0 aliphatic carbocycles. The zero-order chi connectivity index (χ0) is 12.3. The summed E-state index contributed by atoms with van der Waals surface area (Å²) in [6.07, 6.45) is 4.28. The fraction of sp³-hybridized carbons (Fsp3) is 0.538. The SMILES string of the molecule is CC(C)CCC(C)Nc1nc2ccccn2n1. The Morgan fingerprint density at radius 3 is 2.76 bits per heavy atom. The van der Waals surface area contributed by atoms with E-state index in [-0.39, 0.29) is 0 Å². The molecule has 2 heterocycles. The van der Waals surface area contributed by atoms with Gasteiger partial charge in [0.25, 0.3) is 0 Å². The first-order chi connectivity index (χ1) is 8.15. The maximum atomic E-state index is 4.42. The average molecular weight is 232 g/mol. The summed E-state index contributed by atoms with van der Waals surface area (Å²) < 4.78 is 1.79. The summed E-state index contributed by atoms with van der Waals surface area (Å²) in [6.45, 7) is 6.67. The fourth-order valence-electron chi connectivity index (χ4n) is 1.77. The van der Waals surface area contributed by atoms with Crippen LogP contribution in [-0.2, 0) is 0 Å². The summed E-state index contributed by atoms with van der Waals surface area (Å²) in [5.74, 6) is 1.46. The Labute approximate surface area is 102 Å². The van der Waals surface area contributed by atoms with Gasteiger partial charge in [0, 0.05) is 12.2 Å². The summed E-state index contributed by atoms with van der Waals surface area (Å²) in [5.41, 5.74) is 0.881. The topological polar surface area (TPSA) is 42.2 Å². The van der Waals surface area contributed by atoms with E-state index in [9.17, 15) is 0 Å². The Balaban J connectivity index is 1.98. The van der Waals surface area contributed by atoms with Crippen LogP contribution in [0, 0.1) is 5.92 Å². The highest BCUT2D eigenvalue weighted by atomic mass is 15.3. The molecule has 1 atom stereocenters. The number of nitrogens with zero attached hydrogens (tertiary/aromatic N) is 3. The lowest BCUT2D eigenvalue weighted by Crippen LogP contribution is -2.16. The largest absolute Gasteiger partial charge is 0.350 e. The van der Waals surface area contributed by atoms with Gasteiger partial charge in [-0.25, -0.2) is 4.52 Å². The van der Waals surface area contributed by atoms with Gasteiger partial charge < -0.3 is 5.32 Å². The van der Waals surface area contributed by atoms with E-state index in [0.29, 0.717) is 12.0 Å². The fourth-order valence-corrected chi connectivity index (χ4v) is 1.77. The van der Waals surface area contributed by atoms with Gasteiger partial charge in [-0.15, -0.1) is 5.10 Å². The van der Waals surface area contributed by atoms with Crippen molar-refractivity contribution in [2.75, 3.05) is 5.32 Å². The molecule has 92 valence electrons. The zero-order valence-electron chi connectivity index (χ0n) is 10.7. The Hall–Kier alpha value is -1.58. The van der Waals surface area contributed by atoms with Gasteiger partial charge in [-0.3, -0.25) is 0 Å². The van der Waals surface area contributed by atoms with Gasteiger partial charge in [0.2, 0.25) is 5.95 Å². The minimum absolute atomic E-state index is 0.412. The van der Waals surface area contributed by atoms with E-state index in [1.165, 1.54) is 6.42 Å². The summed E-state index contributed by atoms with van der Waals surface area (Å²) >= 11 is 0. The Bertz CT molecular complexity index is 442. The van der Waals surface area contributed by atoms with E-state index in [0.717, 1.165) is 18.0 Å². The van der Waals surface area contributed by atoms with Crippen molar-refractivity contribution in [1.29, 1.82) is 0 Å². The number of anilines is 1. The predicted molar refractivity (Wildman–Crippen MR) is 70.1 cm³/mol. The number of pyridine rings is 1. The molecule has 0 spiro atoms. The minimum Gasteiger partial charge on any atom is -0.350 e. The molecule has 0 saturated heterocycles. The highest BCUT2D eigenvalue weighted by Gasteiger charge is 2.07. The van der Waals surface area contributed by atoms with Gasteiger partial charge in [0.1, 0.15) is 0 Å². The van der Waals surface area contributed by atoms with Crippen molar-refractivity contribution in [1.82, 2.24) is 14.6 Å². The van der Waals surface area contributed by atoms with Crippen LogP contribution in [0.3, 0.4) is 0 Å². The quantitative estimate of drug-likeness (QED) is 0.861. The molecule has 17 heavy (non-hydrogen) atoms. The van der Waals surface area contributed by atoms with Crippen LogP contribution < -0.4 is 5.32 Å². The summed E-state index contributed by atoms with van der Waals surface area (Å²) in [5, 5.41) is 7.72. The van der Waals surface area contributed by atoms with Gasteiger partial charge in [-0.2, -0.15) is 4.98 Å². The normalized spacial score (nSPS) is 13.2. The molecule has 0 saturated carbocycles. The van der Waals surface area contributed by atoms with E-state index in [1.807, 2.05) is 24.4 Å². The monoisotopic (exact) mass is 232 g/mol. The van der Waals surface area contributed by atoms with Crippen LogP contribution in [0.15, 0.2) is 24.4 Å². The number of hydrogen-bond acceptors (Lipinski definition) is 3. The number of rotatable bonds is 5. The minimum atomic E-state index is 0.412. The molecular weight excluding hydrogens is 212 g/mol. The molecule has 2 rings (SSSR count). The molecule has 1 N–H and O–H groups in total. The molecule has 0 fully saturated rings. The maximum Gasteiger partial charge on any atom is 0.243 e. The lowest BCUT2D eigenvalue weighted by molar-refractivity contribution is 0.526. The van der Waals surface area contributed by atoms with Crippen LogP contribution in [0.4, 0.5) is 5.95 Å². The molecule has 1 unspecified atom stereocenters. The molecule has 0 aromatic carbocycles. The van der Waals surface area contributed by atoms with E-state index >= 15 is 0 Å². The van der Waals surface area contributed by atoms with Crippen LogP contribution in [0.2, 0.25) is 0 Å². The molecule has 4 nitrogen and oxygen atoms in total. The van der Waals surface area contributed by atoms with Gasteiger partial charge in [-0.1, -0.05) is 19.9 Å². The van der Waals surface area contributed by atoms with Crippen molar-refractivity contribution in [2.24, 2.45) is 5.92 Å². The molecule has 0 aliphatic rings. The predicted octanol–water partition coefficient (Wildman–Crippen LogP) is 2.97. The molecule has 4 heteroatoms. The van der Waals surface area contributed by atoms with Gasteiger partial charge >= 0.3 is 0 Å². The molecular formula is C13H20N4. The molecule has 0 amide bonds. The molecule has 0 aliphatic heterocycles. The molecule has 2 aromatic heterocycles. The number of aromatic nitrogens is 3. The van der Waals surface area contributed by atoms with E-state index in [2.05, 4.69) is 36.2 Å². The van der Waals surface area contributed by atoms with Crippen LogP contribution in [0.1, 0.15) is 33.6 Å². The van der Waals surface area contributed by atoms with Crippen molar-refractivity contribution in [3.05, 3.63) is 24.4 Å². The molecule has 2 aromatic rings. The number of nitrogens with one attached hydrogen (secondary N) is 1. The third kappa shape index (κ3) is 3.19. The second-order valence-electron chi connectivity index (χ2n) is 4.96. The van der Waals surface area contributed by atoms with Crippen LogP contribution in [0.5, 0.6) is 0 Å². The highest BCUT2D eigenvalue weighted by molar-refractivity contribution is 5.43. The highest BCUT2D eigenvalue weighted by Crippen LogP contribution is 2.11. The smallest absolute Gasteiger partial charge is 0.243 e. The lowest BCUT2D eigenvalue weighted by Gasteiger charge is -2.13. The third-order valence-corrected chi connectivity index (χ3v) is 2.79. The zero-order valence-corrected chi connectivity index (χ0v) is 10.7. The van der Waals surface area contributed by atoms with Crippen LogP contribution in [0.25, 0.3) is 5.65 Å². The summed E-state index contributed by atoms with van der Waals surface area (Å²) in [4.78, 5) is 4.42. The third-order valence-electron chi connectivity index (χ3n) is 2.79. The second-order valence-corrected chi connectivity index (χ2v) is 4.96. The summed E-state index contributed by atoms with van der Waals surface area (Å²) in [7, 11) is 0. The van der Waals surface area contributed by atoms with E-state index < -0.39 is 0 Å². The van der Waals surface area contributed by atoms with Gasteiger partial charge in [0.05, 0.1) is 0 Å². The number of fused-ring (bicyclic) bond motifs is 1. The van der Waals surface area contributed by atoms with Crippen molar-refractivity contribution >= 4 is 11.6 Å². The van der Waals surface area contributed by atoms with Crippen molar-refractivity contribution in [3.8, 4) is 0 Å². The van der Waals surface area contributed by atoms with E-state index in [4.69, 9.17) is 0 Å². The lowest BCUT2D eigenvalue weighted by atomic mass is 10.0. The van der Waals surface area contributed by atoms with E-state index in [1.54, 1.807) is 4.52 Å². The first-order valence-electron chi connectivity index (χ1n) is 6.23. The molecule has 0 radical (unpaired) electrons. The van der Waals surface area contributed by atoms with Crippen LogP contribution >= 0.6 is 0 Å².